The lowest BCUT2D eigenvalue weighted by Gasteiger charge is -1.90. The molecule has 0 heterocycles. The first-order valence-electron chi connectivity index (χ1n) is 3.85. The van der Waals surface area contributed by atoms with E-state index < -0.39 is 0 Å². The Bertz CT molecular complexity index is 107. The van der Waals surface area contributed by atoms with Crippen molar-refractivity contribution in [2.75, 3.05) is 0 Å². The summed E-state index contributed by atoms with van der Waals surface area (Å²) < 4.78 is 0. The van der Waals surface area contributed by atoms with E-state index >= 15 is 0 Å². The van der Waals surface area contributed by atoms with Gasteiger partial charge in [-0.3, -0.25) is 0 Å². The lowest BCUT2D eigenvalue weighted by Crippen LogP contribution is -1.73. The van der Waals surface area contributed by atoms with Crippen LogP contribution < -0.4 is 0 Å². The van der Waals surface area contributed by atoms with E-state index in [1.807, 2.05) is 0 Å². The van der Waals surface area contributed by atoms with Gasteiger partial charge in [-0.1, -0.05) is 38.2 Å². The fourth-order valence-electron chi connectivity index (χ4n) is 0.678. The van der Waals surface area contributed by atoms with Gasteiger partial charge in [0.15, 0.2) is 0 Å². The maximum Gasteiger partial charge on any atom is -0.00892 e. The molecule has 0 atom stereocenters. The lowest BCUT2D eigenvalue weighted by atomic mass is 10.2. The first kappa shape index (κ1) is 9.48. The van der Waals surface area contributed by atoms with Gasteiger partial charge >= 0.3 is 0 Å². The van der Waals surface area contributed by atoms with E-state index in [0.717, 1.165) is 6.42 Å². The molecule has 0 unspecified atom stereocenters. The second kappa shape index (κ2) is 6.60. The molecule has 0 N–H and O–H groups in total. The van der Waals surface area contributed by atoms with E-state index in [9.17, 15) is 0 Å². The molecular formula is C10H17. The molecule has 0 rings (SSSR count). The van der Waals surface area contributed by atoms with E-state index in [4.69, 9.17) is 0 Å². The number of hydrogen-bond donors (Lipinski definition) is 0. The SMILES string of the molecule is C/C=C/CC/C=C/[C](C)C. The molecule has 0 aliphatic heterocycles. The van der Waals surface area contributed by atoms with Crippen LogP contribution in [0.25, 0.3) is 0 Å². The Morgan fingerprint density at radius 3 is 2.20 bits per heavy atom. The van der Waals surface area contributed by atoms with Crippen LogP contribution in [0.3, 0.4) is 0 Å². The summed E-state index contributed by atoms with van der Waals surface area (Å²) in [5, 5.41) is 0. The zero-order valence-electron chi connectivity index (χ0n) is 7.22. The zero-order valence-corrected chi connectivity index (χ0v) is 7.22. The molecule has 0 spiro atoms. The van der Waals surface area contributed by atoms with Gasteiger partial charge in [-0.15, -0.1) is 0 Å². The minimum Gasteiger partial charge on any atom is -0.0917 e. The van der Waals surface area contributed by atoms with Crippen LogP contribution in [0.4, 0.5) is 0 Å². The average Bonchev–Trinajstić information content (AvgIpc) is 1.87. The highest BCUT2D eigenvalue weighted by molar-refractivity contribution is 5.03. The molecule has 0 aromatic carbocycles. The minimum absolute atomic E-state index is 1.16. The Morgan fingerprint density at radius 2 is 1.70 bits per heavy atom. The van der Waals surface area contributed by atoms with Crippen LogP contribution in [-0.2, 0) is 0 Å². The average molecular weight is 137 g/mol. The van der Waals surface area contributed by atoms with Crippen molar-refractivity contribution in [3.8, 4) is 0 Å². The molecule has 0 aromatic heterocycles. The largest absolute Gasteiger partial charge is 0.0917 e. The highest BCUT2D eigenvalue weighted by Gasteiger charge is 1.82. The standard InChI is InChI=1S/C10H17/c1-4-5-6-7-8-9-10(2)3/h4-5,8-9H,6-7H2,1-3H3/b5-4+,9-8+. The van der Waals surface area contributed by atoms with Gasteiger partial charge in [0.05, 0.1) is 0 Å². The third kappa shape index (κ3) is 7.48. The zero-order chi connectivity index (χ0) is 7.82. The molecule has 0 saturated carbocycles. The first-order chi connectivity index (χ1) is 4.77. The van der Waals surface area contributed by atoms with Crippen LogP contribution >= 0.6 is 0 Å². The molecule has 0 amide bonds. The lowest BCUT2D eigenvalue weighted by molar-refractivity contribution is 1.04. The smallest absolute Gasteiger partial charge is 0.00892 e. The van der Waals surface area contributed by atoms with Gasteiger partial charge in [0, 0.05) is 0 Å². The van der Waals surface area contributed by atoms with E-state index in [2.05, 4.69) is 45.1 Å². The summed E-state index contributed by atoms with van der Waals surface area (Å²) in [5.74, 6) is 1.38. The van der Waals surface area contributed by atoms with Gasteiger partial charge in [0.1, 0.15) is 0 Å². The van der Waals surface area contributed by atoms with Gasteiger partial charge in [-0.2, -0.15) is 0 Å². The number of unbranched alkanes of at least 4 members (excludes halogenated alkanes) is 1. The van der Waals surface area contributed by atoms with Gasteiger partial charge in [0.25, 0.3) is 0 Å². The first-order valence-corrected chi connectivity index (χ1v) is 3.85. The summed E-state index contributed by atoms with van der Waals surface area (Å²) >= 11 is 0. The van der Waals surface area contributed by atoms with Crippen LogP contribution in [0.1, 0.15) is 33.6 Å². The molecule has 0 heteroatoms. The van der Waals surface area contributed by atoms with Gasteiger partial charge < -0.3 is 0 Å². The summed E-state index contributed by atoms with van der Waals surface area (Å²) in [5.41, 5.74) is 0. The monoisotopic (exact) mass is 137 g/mol. The van der Waals surface area contributed by atoms with Crippen molar-refractivity contribution < 1.29 is 0 Å². The van der Waals surface area contributed by atoms with E-state index in [1.165, 1.54) is 12.3 Å². The Labute approximate surface area is 64.6 Å². The van der Waals surface area contributed by atoms with Gasteiger partial charge in [-0.05, 0) is 25.7 Å². The second-order valence-corrected chi connectivity index (χ2v) is 2.63. The number of hydrogen-bond acceptors (Lipinski definition) is 0. The van der Waals surface area contributed by atoms with Crippen LogP contribution in [-0.4, -0.2) is 0 Å². The minimum atomic E-state index is 1.16. The van der Waals surface area contributed by atoms with Crippen molar-refractivity contribution in [3.63, 3.8) is 0 Å². The molecule has 0 aliphatic rings. The fraction of sp³-hybridized carbons (Fsp3) is 0.500. The van der Waals surface area contributed by atoms with Crippen molar-refractivity contribution >= 4 is 0 Å². The van der Waals surface area contributed by atoms with Crippen LogP contribution in [0.5, 0.6) is 0 Å². The molecule has 57 valence electrons. The predicted octanol–water partition coefficient (Wildman–Crippen LogP) is 3.51. The van der Waals surface area contributed by atoms with E-state index in [-0.39, 0.29) is 0 Å². The summed E-state index contributed by atoms with van der Waals surface area (Å²) in [6, 6.07) is 0. The molecule has 0 saturated heterocycles. The Morgan fingerprint density at radius 1 is 1.10 bits per heavy atom. The van der Waals surface area contributed by atoms with E-state index in [1.54, 1.807) is 0 Å². The van der Waals surface area contributed by atoms with Crippen LogP contribution in [0.2, 0.25) is 0 Å². The molecule has 0 aromatic rings. The number of allylic oxidation sites excluding steroid dienone is 4. The quantitative estimate of drug-likeness (QED) is 0.411. The Balaban J connectivity index is 3.18. The van der Waals surface area contributed by atoms with E-state index in [0.29, 0.717) is 0 Å². The van der Waals surface area contributed by atoms with Crippen LogP contribution in [0, 0.1) is 5.92 Å². The maximum absolute atomic E-state index is 2.22. The van der Waals surface area contributed by atoms with Crippen LogP contribution in [0.15, 0.2) is 24.3 Å². The topological polar surface area (TPSA) is 0 Å². The van der Waals surface area contributed by atoms with Crippen molar-refractivity contribution in [2.24, 2.45) is 0 Å². The summed E-state index contributed by atoms with van der Waals surface area (Å²) in [4.78, 5) is 0. The van der Waals surface area contributed by atoms with Crippen molar-refractivity contribution in [3.05, 3.63) is 30.2 Å². The van der Waals surface area contributed by atoms with Crippen molar-refractivity contribution in [1.82, 2.24) is 0 Å². The molecule has 0 aliphatic carbocycles. The van der Waals surface area contributed by atoms with Crippen molar-refractivity contribution in [2.45, 2.75) is 33.6 Å². The summed E-state index contributed by atoms with van der Waals surface area (Å²) in [6.07, 6.45) is 11.0. The maximum atomic E-state index is 2.22. The van der Waals surface area contributed by atoms with Gasteiger partial charge in [-0.25, -0.2) is 0 Å². The third-order valence-corrected chi connectivity index (χ3v) is 1.19. The highest BCUT2D eigenvalue weighted by atomic mass is 13.9. The normalized spacial score (nSPS) is 12.4. The number of rotatable bonds is 4. The fourth-order valence-corrected chi connectivity index (χ4v) is 0.678. The molecular weight excluding hydrogens is 120 g/mol. The highest BCUT2D eigenvalue weighted by Crippen LogP contribution is 1.99. The molecule has 0 nitrogen and oxygen atoms in total. The summed E-state index contributed by atoms with van der Waals surface area (Å²) in [7, 11) is 0. The predicted molar refractivity (Wildman–Crippen MR) is 47.8 cm³/mol. The summed E-state index contributed by atoms with van der Waals surface area (Å²) in [6.45, 7) is 6.29. The Hall–Kier alpha value is -0.520. The molecule has 1 radical (unpaired) electrons. The molecule has 0 bridgehead atoms. The Kier molecular flexibility index (Phi) is 6.25. The molecule has 0 fully saturated rings. The molecule has 10 heavy (non-hydrogen) atoms. The van der Waals surface area contributed by atoms with Crippen molar-refractivity contribution in [1.29, 1.82) is 0 Å². The second-order valence-electron chi connectivity index (χ2n) is 2.63. The van der Waals surface area contributed by atoms with Gasteiger partial charge in [0.2, 0.25) is 0 Å². The third-order valence-electron chi connectivity index (χ3n) is 1.19.